The molecule has 0 aromatic carbocycles. The summed E-state index contributed by atoms with van der Waals surface area (Å²) in [5.74, 6) is 0. The Bertz CT molecular complexity index is 371. The normalized spacial score (nSPS) is 19.4. The topological polar surface area (TPSA) is 38.5 Å². The zero-order valence-corrected chi connectivity index (χ0v) is 13.4. The molecule has 0 aliphatic carbocycles. The van der Waals surface area contributed by atoms with E-state index in [1.54, 1.807) is 0 Å². The molecule has 1 atom stereocenters. The molecule has 0 amide bonds. The van der Waals surface area contributed by atoms with Gasteiger partial charge in [0, 0.05) is 40.0 Å². The number of aryl methyl sites for hydroxylation is 1. The molecule has 1 aliphatic rings. The van der Waals surface area contributed by atoms with Crippen LogP contribution in [0.3, 0.4) is 0 Å². The number of likely N-dealkylation sites (N-methyl/N-ethyl adjacent to an activating group) is 1. The Kier molecular flexibility index (Phi) is 5.21. The molecule has 3 nitrogen and oxygen atoms in total. The van der Waals surface area contributed by atoms with Gasteiger partial charge in [-0.25, -0.2) is 0 Å². The smallest absolute Gasteiger partial charge is 0.0564 e. The molecule has 2 N–H and O–H groups in total. The van der Waals surface area contributed by atoms with E-state index in [0.717, 1.165) is 26.1 Å². The molecule has 2 rings (SSSR count). The highest BCUT2D eigenvalue weighted by atomic mass is 79.9. The first-order chi connectivity index (χ1) is 8.63. The average Bonchev–Trinajstić information content (AvgIpc) is 2.71. The van der Waals surface area contributed by atoms with Crippen LogP contribution in [0.25, 0.3) is 0 Å². The molecule has 1 aromatic heterocycles. The van der Waals surface area contributed by atoms with E-state index in [4.69, 9.17) is 10.5 Å². The van der Waals surface area contributed by atoms with Crippen LogP contribution in [-0.4, -0.2) is 37.7 Å². The third-order valence-electron chi connectivity index (χ3n) is 3.69. The van der Waals surface area contributed by atoms with Crippen molar-refractivity contribution in [2.24, 2.45) is 5.73 Å². The summed E-state index contributed by atoms with van der Waals surface area (Å²) in [5, 5.41) is 0. The molecular weight excluding hydrogens is 312 g/mol. The van der Waals surface area contributed by atoms with Crippen molar-refractivity contribution in [1.29, 1.82) is 0 Å². The summed E-state index contributed by atoms with van der Waals surface area (Å²) >= 11 is 5.43. The molecule has 1 aromatic rings. The zero-order chi connectivity index (χ0) is 13.1. The van der Waals surface area contributed by atoms with Gasteiger partial charge in [0.15, 0.2) is 0 Å². The monoisotopic (exact) mass is 332 g/mol. The van der Waals surface area contributed by atoms with Gasteiger partial charge in [0.1, 0.15) is 0 Å². The minimum absolute atomic E-state index is 0.322. The first kappa shape index (κ1) is 14.5. The van der Waals surface area contributed by atoms with Gasteiger partial charge in [0.05, 0.1) is 6.04 Å². The lowest BCUT2D eigenvalue weighted by molar-refractivity contribution is 0.0299. The minimum Gasteiger partial charge on any atom is -0.381 e. The van der Waals surface area contributed by atoms with E-state index in [2.05, 4.69) is 40.9 Å². The van der Waals surface area contributed by atoms with Crippen LogP contribution in [-0.2, 0) is 4.74 Å². The van der Waals surface area contributed by atoms with Crippen LogP contribution in [0.15, 0.2) is 10.5 Å². The van der Waals surface area contributed by atoms with Crippen molar-refractivity contribution in [3.63, 3.8) is 0 Å². The van der Waals surface area contributed by atoms with Gasteiger partial charge in [-0.3, -0.25) is 4.90 Å². The lowest BCUT2D eigenvalue weighted by atomic mass is 10.0. The summed E-state index contributed by atoms with van der Waals surface area (Å²) in [6.07, 6.45) is 2.22. The number of halogens is 1. The fourth-order valence-electron chi connectivity index (χ4n) is 2.48. The molecule has 5 heteroatoms. The third kappa shape index (κ3) is 3.14. The molecule has 0 radical (unpaired) electrons. The molecule has 1 fully saturated rings. The Morgan fingerprint density at radius 1 is 1.56 bits per heavy atom. The summed E-state index contributed by atoms with van der Waals surface area (Å²) in [6.45, 7) is 4.56. The van der Waals surface area contributed by atoms with Gasteiger partial charge in [-0.2, -0.15) is 0 Å². The summed E-state index contributed by atoms with van der Waals surface area (Å²) in [6, 6.07) is 3.13. The number of nitrogens with two attached hydrogens (primary N) is 1. The Morgan fingerprint density at radius 3 is 2.72 bits per heavy atom. The van der Waals surface area contributed by atoms with Crippen molar-refractivity contribution >= 4 is 27.3 Å². The molecule has 0 saturated carbocycles. The lowest BCUT2D eigenvalue weighted by Crippen LogP contribution is -2.41. The summed E-state index contributed by atoms with van der Waals surface area (Å²) in [7, 11) is 2.19. The molecular formula is C13H21BrN2OS. The second-order valence-corrected chi connectivity index (χ2v) is 6.96. The van der Waals surface area contributed by atoms with Crippen LogP contribution in [0, 0.1) is 6.92 Å². The summed E-state index contributed by atoms with van der Waals surface area (Å²) < 4.78 is 6.63. The predicted octanol–water partition coefficient (Wildman–Crippen LogP) is 2.93. The van der Waals surface area contributed by atoms with Gasteiger partial charge < -0.3 is 10.5 Å². The molecule has 1 unspecified atom stereocenters. The number of thiophene rings is 1. The number of hydrogen-bond donors (Lipinski definition) is 1. The zero-order valence-electron chi connectivity index (χ0n) is 11.0. The number of ether oxygens (including phenoxy) is 1. The van der Waals surface area contributed by atoms with E-state index >= 15 is 0 Å². The molecule has 2 heterocycles. The van der Waals surface area contributed by atoms with E-state index in [0.29, 0.717) is 18.6 Å². The lowest BCUT2D eigenvalue weighted by Gasteiger charge is -2.36. The number of hydrogen-bond acceptors (Lipinski definition) is 4. The van der Waals surface area contributed by atoms with Crippen molar-refractivity contribution in [3.8, 4) is 0 Å². The maximum atomic E-state index is 5.99. The highest BCUT2D eigenvalue weighted by molar-refractivity contribution is 9.10. The second-order valence-electron chi connectivity index (χ2n) is 4.81. The van der Waals surface area contributed by atoms with Gasteiger partial charge >= 0.3 is 0 Å². The van der Waals surface area contributed by atoms with Gasteiger partial charge in [-0.05, 0) is 48.8 Å². The van der Waals surface area contributed by atoms with E-state index < -0.39 is 0 Å². The second kappa shape index (κ2) is 6.48. The Hall–Kier alpha value is 0.0600. The average molecular weight is 333 g/mol. The molecule has 0 spiro atoms. The van der Waals surface area contributed by atoms with Gasteiger partial charge in [-0.1, -0.05) is 0 Å². The maximum Gasteiger partial charge on any atom is 0.0564 e. The van der Waals surface area contributed by atoms with Gasteiger partial charge in [-0.15, -0.1) is 11.3 Å². The third-order valence-corrected chi connectivity index (χ3v) is 5.92. The molecule has 0 bridgehead atoms. The van der Waals surface area contributed by atoms with Crippen molar-refractivity contribution in [3.05, 3.63) is 20.3 Å². The minimum atomic E-state index is 0.322. The van der Waals surface area contributed by atoms with Crippen LogP contribution < -0.4 is 5.73 Å². The fraction of sp³-hybridized carbons (Fsp3) is 0.692. The van der Waals surface area contributed by atoms with Gasteiger partial charge in [0.25, 0.3) is 0 Å². The van der Waals surface area contributed by atoms with Crippen LogP contribution >= 0.6 is 27.3 Å². The van der Waals surface area contributed by atoms with Crippen LogP contribution in [0.2, 0.25) is 0 Å². The Balaban J connectivity index is 2.11. The Morgan fingerprint density at radius 2 is 2.22 bits per heavy atom. The first-order valence-electron chi connectivity index (χ1n) is 6.39. The van der Waals surface area contributed by atoms with Crippen LogP contribution in [0.5, 0.6) is 0 Å². The van der Waals surface area contributed by atoms with Crippen molar-refractivity contribution in [1.82, 2.24) is 4.90 Å². The predicted molar refractivity (Wildman–Crippen MR) is 80.2 cm³/mol. The molecule has 102 valence electrons. The SMILES string of the molecule is Cc1sc(C(CN)N(C)C2CCOCC2)cc1Br. The standard InChI is InChI=1S/C13H21BrN2OS/c1-9-11(14)7-13(18-9)12(8-15)16(2)10-3-5-17-6-4-10/h7,10,12H,3-6,8,15H2,1-2H3. The van der Waals surface area contributed by atoms with Crippen LogP contribution in [0.4, 0.5) is 0 Å². The van der Waals surface area contributed by atoms with Crippen LogP contribution in [0.1, 0.15) is 28.6 Å². The van der Waals surface area contributed by atoms with E-state index in [9.17, 15) is 0 Å². The highest BCUT2D eigenvalue weighted by Crippen LogP contribution is 2.34. The number of rotatable bonds is 4. The number of nitrogens with zero attached hydrogens (tertiary/aromatic N) is 1. The molecule has 1 saturated heterocycles. The van der Waals surface area contributed by atoms with E-state index in [1.165, 1.54) is 14.2 Å². The van der Waals surface area contributed by atoms with E-state index in [-0.39, 0.29) is 0 Å². The van der Waals surface area contributed by atoms with Crippen molar-refractivity contribution < 1.29 is 4.74 Å². The summed E-state index contributed by atoms with van der Waals surface area (Å²) in [5.41, 5.74) is 5.99. The van der Waals surface area contributed by atoms with Gasteiger partial charge in [0.2, 0.25) is 0 Å². The molecule has 1 aliphatic heterocycles. The van der Waals surface area contributed by atoms with Crippen molar-refractivity contribution in [2.45, 2.75) is 31.8 Å². The maximum absolute atomic E-state index is 5.99. The van der Waals surface area contributed by atoms with Crippen molar-refractivity contribution in [2.75, 3.05) is 26.8 Å². The quantitative estimate of drug-likeness (QED) is 0.921. The fourth-order valence-corrected chi connectivity index (χ4v) is 4.20. The largest absolute Gasteiger partial charge is 0.381 e. The molecule has 18 heavy (non-hydrogen) atoms. The summed E-state index contributed by atoms with van der Waals surface area (Å²) in [4.78, 5) is 5.11. The van der Waals surface area contributed by atoms with E-state index in [1.807, 2.05) is 11.3 Å². The first-order valence-corrected chi connectivity index (χ1v) is 8.00. The highest BCUT2D eigenvalue weighted by Gasteiger charge is 2.26. The Labute approximate surface area is 121 Å².